The zero-order valence-corrected chi connectivity index (χ0v) is 15.0. The molecule has 0 amide bonds. The average Bonchev–Trinajstić information content (AvgIpc) is 2.91. The highest BCUT2D eigenvalue weighted by Crippen LogP contribution is 2.38. The van der Waals surface area contributed by atoms with Gasteiger partial charge in [-0.3, -0.25) is 14.2 Å². The summed E-state index contributed by atoms with van der Waals surface area (Å²) < 4.78 is 29.6. The normalized spacial score (nSPS) is 12.3. The highest BCUT2D eigenvalue weighted by molar-refractivity contribution is 6.30. The molecule has 0 bridgehead atoms. The van der Waals surface area contributed by atoms with Crippen molar-refractivity contribution in [2.24, 2.45) is 0 Å². The lowest BCUT2D eigenvalue weighted by Crippen LogP contribution is -2.15. The smallest absolute Gasteiger partial charge is 0.310 e. The number of carboxylic acids is 1. The lowest BCUT2D eigenvalue weighted by atomic mass is 9.97. The van der Waals surface area contributed by atoms with Crippen LogP contribution in [0.15, 0.2) is 30.3 Å². The maximum absolute atomic E-state index is 14.6. The van der Waals surface area contributed by atoms with E-state index in [9.17, 15) is 28.6 Å². The summed E-state index contributed by atoms with van der Waals surface area (Å²) in [5.41, 5.74) is 0.169. The second kappa shape index (κ2) is 6.66. The van der Waals surface area contributed by atoms with Crippen LogP contribution in [0.3, 0.4) is 0 Å². The summed E-state index contributed by atoms with van der Waals surface area (Å²) in [6.45, 7) is 2.76. The maximum atomic E-state index is 14.6. The summed E-state index contributed by atoms with van der Waals surface area (Å²) in [6.07, 6.45) is 0. The topological polar surface area (TPSA) is 79.5 Å². The van der Waals surface area contributed by atoms with Crippen LogP contribution in [-0.4, -0.2) is 26.7 Å². The van der Waals surface area contributed by atoms with Gasteiger partial charge in [-0.05, 0) is 43.7 Å². The van der Waals surface area contributed by atoms with Gasteiger partial charge in [0.2, 0.25) is 0 Å². The van der Waals surface area contributed by atoms with Gasteiger partial charge in [0, 0.05) is 27.7 Å². The minimum Gasteiger partial charge on any atom is -0.503 e. The molecule has 1 aromatic heterocycles. The van der Waals surface area contributed by atoms with E-state index in [0.29, 0.717) is 5.02 Å². The van der Waals surface area contributed by atoms with Crippen LogP contribution < -0.4 is 0 Å². The number of hydrogen-bond acceptors (Lipinski definition) is 3. The first-order chi connectivity index (χ1) is 12.6. The van der Waals surface area contributed by atoms with Crippen molar-refractivity contribution in [2.45, 2.75) is 19.8 Å². The molecule has 0 aliphatic carbocycles. The number of carbonyl (C=O) groups is 2. The van der Waals surface area contributed by atoms with Crippen molar-refractivity contribution in [1.82, 2.24) is 4.57 Å². The minimum absolute atomic E-state index is 0.00684. The largest absolute Gasteiger partial charge is 0.503 e. The van der Waals surface area contributed by atoms with E-state index in [-0.39, 0.29) is 27.7 Å². The van der Waals surface area contributed by atoms with Crippen LogP contribution in [0.25, 0.3) is 10.9 Å². The number of carbonyl (C=O) groups excluding carboxylic acids is 1. The molecule has 0 aliphatic rings. The summed E-state index contributed by atoms with van der Waals surface area (Å²) in [5, 5.41) is 19.1. The van der Waals surface area contributed by atoms with Crippen molar-refractivity contribution < 1.29 is 28.6 Å². The predicted octanol–water partition coefficient (Wildman–Crippen LogP) is 4.46. The van der Waals surface area contributed by atoms with E-state index in [1.165, 1.54) is 38.1 Å². The Morgan fingerprint density at radius 1 is 1.19 bits per heavy atom. The van der Waals surface area contributed by atoms with Crippen LogP contribution in [0.2, 0.25) is 5.02 Å². The molecule has 0 fully saturated rings. The SMILES string of the molecule is Cc1c(C(C)C(=O)O)c2c(F)c(O)c(F)cc2n1C(=O)c1ccc(Cl)cc1. The monoisotopic (exact) mass is 393 g/mol. The number of nitrogens with zero attached hydrogens (tertiary/aromatic N) is 1. The van der Waals surface area contributed by atoms with Crippen molar-refractivity contribution in [2.75, 3.05) is 0 Å². The van der Waals surface area contributed by atoms with E-state index in [4.69, 9.17) is 11.6 Å². The first-order valence-corrected chi connectivity index (χ1v) is 8.27. The number of fused-ring (bicyclic) bond motifs is 1. The third-order valence-electron chi connectivity index (χ3n) is 4.51. The van der Waals surface area contributed by atoms with Crippen molar-refractivity contribution in [3.63, 3.8) is 0 Å². The Kier molecular flexibility index (Phi) is 4.65. The van der Waals surface area contributed by atoms with Crippen LogP contribution in [0.5, 0.6) is 5.75 Å². The van der Waals surface area contributed by atoms with Gasteiger partial charge < -0.3 is 10.2 Å². The highest BCUT2D eigenvalue weighted by Gasteiger charge is 2.30. The van der Waals surface area contributed by atoms with Gasteiger partial charge in [-0.15, -0.1) is 0 Å². The molecule has 2 N–H and O–H groups in total. The second-order valence-corrected chi connectivity index (χ2v) is 6.56. The lowest BCUT2D eigenvalue weighted by molar-refractivity contribution is -0.138. The van der Waals surface area contributed by atoms with Gasteiger partial charge in [-0.25, -0.2) is 8.78 Å². The number of carboxylic acid groups (broad SMARTS) is 1. The first kappa shape index (κ1) is 18.8. The molecule has 0 saturated carbocycles. The van der Waals surface area contributed by atoms with Crippen LogP contribution in [-0.2, 0) is 4.79 Å². The molecular weight excluding hydrogens is 380 g/mol. The van der Waals surface area contributed by atoms with E-state index < -0.39 is 35.2 Å². The van der Waals surface area contributed by atoms with Gasteiger partial charge in [0.15, 0.2) is 17.4 Å². The van der Waals surface area contributed by atoms with Gasteiger partial charge in [0.1, 0.15) is 0 Å². The zero-order chi connectivity index (χ0) is 20.0. The van der Waals surface area contributed by atoms with Gasteiger partial charge in [-0.1, -0.05) is 11.6 Å². The van der Waals surface area contributed by atoms with E-state index >= 15 is 0 Å². The molecule has 3 aromatic rings. The van der Waals surface area contributed by atoms with Crippen LogP contribution in [0.1, 0.15) is 34.5 Å². The standard InChI is InChI=1S/C19H14ClF2NO4/c1-8(19(26)27)14-9(2)23(18(25)10-3-5-11(20)6-4-10)13-7-12(21)17(24)16(22)15(13)14/h3-8,24H,1-2H3,(H,26,27). The number of aromatic hydroxyl groups is 1. The fourth-order valence-electron chi connectivity index (χ4n) is 3.15. The number of hydrogen-bond donors (Lipinski definition) is 2. The van der Waals surface area contributed by atoms with Crippen molar-refractivity contribution >= 4 is 34.4 Å². The van der Waals surface area contributed by atoms with E-state index in [1.54, 1.807) is 0 Å². The summed E-state index contributed by atoms with van der Waals surface area (Å²) in [6, 6.07) is 6.69. The molecule has 0 saturated heterocycles. The Bertz CT molecular complexity index is 1090. The van der Waals surface area contributed by atoms with E-state index in [1.807, 2.05) is 0 Å². The van der Waals surface area contributed by atoms with Gasteiger partial charge >= 0.3 is 5.97 Å². The fourth-order valence-corrected chi connectivity index (χ4v) is 3.27. The number of phenols is 1. The Balaban J connectivity index is 2.39. The van der Waals surface area contributed by atoms with Crippen molar-refractivity contribution in [3.8, 4) is 5.75 Å². The van der Waals surface area contributed by atoms with Gasteiger partial charge in [-0.2, -0.15) is 0 Å². The van der Waals surface area contributed by atoms with Crippen molar-refractivity contribution in [1.29, 1.82) is 0 Å². The molecule has 0 aliphatic heterocycles. The highest BCUT2D eigenvalue weighted by atomic mass is 35.5. The molecule has 27 heavy (non-hydrogen) atoms. The quantitative estimate of drug-likeness (QED) is 0.688. The second-order valence-electron chi connectivity index (χ2n) is 6.12. The Morgan fingerprint density at radius 2 is 1.78 bits per heavy atom. The molecule has 3 rings (SSSR count). The number of phenolic OH excluding ortho intramolecular Hbond substituents is 1. The Morgan fingerprint density at radius 3 is 2.33 bits per heavy atom. The molecule has 1 unspecified atom stereocenters. The molecule has 1 atom stereocenters. The van der Waals surface area contributed by atoms with Crippen LogP contribution in [0.4, 0.5) is 8.78 Å². The third kappa shape index (κ3) is 2.94. The first-order valence-electron chi connectivity index (χ1n) is 7.90. The van der Waals surface area contributed by atoms with E-state index in [0.717, 1.165) is 10.6 Å². The molecular formula is C19H14ClF2NO4. The Labute approximate surface area is 157 Å². The molecule has 0 spiro atoms. The van der Waals surface area contributed by atoms with Crippen LogP contribution in [0, 0.1) is 18.6 Å². The molecule has 2 aromatic carbocycles. The third-order valence-corrected chi connectivity index (χ3v) is 4.76. The zero-order valence-electron chi connectivity index (χ0n) is 14.3. The number of halogens is 3. The Hall–Kier alpha value is -2.93. The molecule has 8 heteroatoms. The fraction of sp³-hybridized carbons (Fsp3) is 0.158. The summed E-state index contributed by atoms with van der Waals surface area (Å²) in [7, 11) is 0. The lowest BCUT2D eigenvalue weighted by Gasteiger charge is -2.09. The van der Waals surface area contributed by atoms with Crippen molar-refractivity contribution in [3.05, 3.63) is 63.8 Å². The molecule has 1 heterocycles. The maximum Gasteiger partial charge on any atom is 0.310 e. The number of aromatic nitrogens is 1. The average molecular weight is 394 g/mol. The number of aliphatic carboxylic acids is 1. The molecule has 0 radical (unpaired) electrons. The minimum atomic E-state index is -1.31. The number of benzene rings is 2. The summed E-state index contributed by atoms with van der Waals surface area (Å²) >= 11 is 5.82. The van der Waals surface area contributed by atoms with E-state index in [2.05, 4.69) is 0 Å². The molecule has 140 valence electrons. The van der Waals surface area contributed by atoms with Gasteiger partial charge in [0.25, 0.3) is 5.91 Å². The predicted molar refractivity (Wildman–Crippen MR) is 95.5 cm³/mol. The number of rotatable bonds is 3. The molecule has 5 nitrogen and oxygen atoms in total. The van der Waals surface area contributed by atoms with Gasteiger partial charge in [0.05, 0.1) is 11.4 Å². The summed E-state index contributed by atoms with van der Waals surface area (Å²) in [5.74, 6) is -6.83. The van der Waals surface area contributed by atoms with Crippen LogP contribution >= 0.6 is 11.6 Å². The summed E-state index contributed by atoms with van der Waals surface area (Å²) in [4.78, 5) is 24.4.